The van der Waals surface area contributed by atoms with Gasteiger partial charge in [0.2, 0.25) is 0 Å². The van der Waals surface area contributed by atoms with Crippen molar-refractivity contribution in [2.75, 3.05) is 6.61 Å². The normalized spacial score (nSPS) is 18.7. The van der Waals surface area contributed by atoms with Crippen molar-refractivity contribution >= 4 is 12.0 Å². The number of carbonyl (C=O) groups is 1. The molecule has 2 aromatic carbocycles. The highest BCUT2D eigenvalue weighted by atomic mass is 16.5. The zero-order valence-electron chi connectivity index (χ0n) is 18.3. The molecule has 0 spiro atoms. The average molecular weight is 419 g/mol. The first-order valence-corrected chi connectivity index (χ1v) is 11.0. The highest BCUT2D eigenvalue weighted by Crippen LogP contribution is 2.30. The fourth-order valence-electron chi connectivity index (χ4n) is 3.83. The molecule has 1 aliphatic carbocycles. The SMILES string of the molecule is CCOc1cc(/C=C(\C#N)C(=O)N[C@@H]2CCCC[C@@H]2C)ccc1OCc1ccccc1. The topological polar surface area (TPSA) is 71.3 Å². The molecule has 1 aliphatic rings. The lowest BCUT2D eigenvalue weighted by molar-refractivity contribution is -0.118. The summed E-state index contributed by atoms with van der Waals surface area (Å²) < 4.78 is 11.7. The Labute approximate surface area is 184 Å². The lowest BCUT2D eigenvalue weighted by atomic mass is 9.86. The van der Waals surface area contributed by atoms with E-state index in [2.05, 4.69) is 12.2 Å². The fourth-order valence-corrected chi connectivity index (χ4v) is 3.83. The third-order valence-corrected chi connectivity index (χ3v) is 5.61. The van der Waals surface area contributed by atoms with Gasteiger partial charge >= 0.3 is 0 Å². The van der Waals surface area contributed by atoms with Crippen LogP contribution in [0, 0.1) is 17.2 Å². The Morgan fingerprint density at radius 1 is 1.13 bits per heavy atom. The molecule has 3 rings (SSSR count). The van der Waals surface area contributed by atoms with Crippen LogP contribution in [0.5, 0.6) is 11.5 Å². The van der Waals surface area contributed by atoms with Gasteiger partial charge < -0.3 is 14.8 Å². The van der Waals surface area contributed by atoms with Gasteiger partial charge in [-0.05, 0) is 55.0 Å². The smallest absolute Gasteiger partial charge is 0.262 e. The third kappa shape index (κ3) is 6.36. The zero-order chi connectivity index (χ0) is 22.1. The lowest BCUT2D eigenvalue weighted by Gasteiger charge is -2.29. The summed E-state index contributed by atoms with van der Waals surface area (Å²) in [5.74, 6) is 1.33. The molecular formula is C26H30N2O3. The van der Waals surface area contributed by atoms with Gasteiger partial charge in [-0.1, -0.05) is 56.2 Å². The van der Waals surface area contributed by atoms with E-state index in [0.717, 1.165) is 30.4 Å². The number of carbonyl (C=O) groups excluding carboxylic acids is 1. The predicted octanol–water partition coefficient (Wildman–Crippen LogP) is 5.27. The van der Waals surface area contributed by atoms with Crippen molar-refractivity contribution in [3.8, 4) is 17.6 Å². The number of nitrogens with zero attached hydrogens (tertiary/aromatic N) is 1. The second kappa shape index (κ2) is 11.2. The largest absolute Gasteiger partial charge is 0.490 e. The van der Waals surface area contributed by atoms with Gasteiger partial charge in [0.15, 0.2) is 11.5 Å². The number of hydrogen-bond donors (Lipinski definition) is 1. The molecule has 0 aliphatic heterocycles. The number of ether oxygens (including phenoxy) is 2. The Hall–Kier alpha value is -3.26. The fraction of sp³-hybridized carbons (Fsp3) is 0.385. The third-order valence-electron chi connectivity index (χ3n) is 5.61. The molecule has 0 aromatic heterocycles. The van der Waals surface area contributed by atoms with Gasteiger partial charge in [0, 0.05) is 6.04 Å². The van der Waals surface area contributed by atoms with Gasteiger partial charge in [-0.3, -0.25) is 4.79 Å². The van der Waals surface area contributed by atoms with E-state index < -0.39 is 0 Å². The second-order valence-corrected chi connectivity index (χ2v) is 7.92. The van der Waals surface area contributed by atoms with Crippen molar-refractivity contribution in [1.29, 1.82) is 5.26 Å². The quantitative estimate of drug-likeness (QED) is 0.468. The molecule has 1 N–H and O–H groups in total. The van der Waals surface area contributed by atoms with Crippen LogP contribution in [-0.4, -0.2) is 18.6 Å². The summed E-state index contributed by atoms with van der Waals surface area (Å²) in [6.45, 7) is 4.98. The molecule has 0 heterocycles. The Morgan fingerprint density at radius 3 is 2.61 bits per heavy atom. The van der Waals surface area contributed by atoms with Crippen LogP contribution >= 0.6 is 0 Å². The van der Waals surface area contributed by atoms with Crippen molar-refractivity contribution in [2.24, 2.45) is 5.92 Å². The maximum atomic E-state index is 12.7. The van der Waals surface area contributed by atoms with Gasteiger partial charge in [0.1, 0.15) is 18.2 Å². The van der Waals surface area contributed by atoms with Crippen LogP contribution in [-0.2, 0) is 11.4 Å². The minimum atomic E-state index is -0.316. The first-order valence-electron chi connectivity index (χ1n) is 11.0. The van der Waals surface area contributed by atoms with Crippen LogP contribution in [0.2, 0.25) is 0 Å². The first kappa shape index (κ1) is 22.4. The van der Waals surface area contributed by atoms with Crippen molar-refractivity contribution in [1.82, 2.24) is 5.32 Å². The van der Waals surface area contributed by atoms with Crippen molar-refractivity contribution in [3.63, 3.8) is 0 Å². The number of rotatable bonds is 8. The average Bonchev–Trinajstić information content (AvgIpc) is 2.79. The minimum absolute atomic E-state index is 0.0955. The molecule has 2 aromatic rings. The molecule has 1 amide bonds. The van der Waals surface area contributed by atoms with E-state index in [1.165, 1.54) is 6.42 Å². The number of nitrogens with one attached hydrogen (secondary N) is 1. The molecule has 5 nitrogen and oxygen atoms in total. The number of hydrogen-bond acceptors (Lipinski definition) is 4. The maximum absolute atomic E-state index is 12.7. The summed E-state index contributed by atoms with van der Waals surface area (Å²) in [5.41, 5.74) is 1.88. The van der Waals surface area contributed by atoms with Crippen molar-refractivity contribution < 1.29 is 14.3 Å². The van der Waals surface area contributed by atoms with Crippen molar-refractivity contribution in [3.05, 3.63) is 65.2 Å². The van der Waals surface area contributed by atoms with Gasteiger partial charge in [-0.25, -0.2) is 0 Å². The Morgan fingerprint density at radius 2 is 1.90 bits per heavy atom. The summed E-state index contributed by atoms with van der Waals surface area (Å²) in [4.78, 5) is 12.7. The monoisotopic (exact) mass is 418 g/mol. The number of benzene rings is 2. The molecule has 1 saturated carbocycles. The summed E-state index contributed by atoms with van der Waals surface area (Å²) in [5, 5.41) is 12.6. The standard InChI is InChI=1S/C26H30N2O3/c1-3-30-25-16-21(13-14-24(25)31-18-20-10-5-4-6-11-20)15-22(17-27)26(29)28-23-12-8-7-9-19(23)2/h4-6,10-11,13-16,19,23H,3,7-9,12,18H2,1-2H3,(H,28,29)/b22-15+/t19-,23+/m0/s1. The Kier molecular flexibility index (Phi) is 8.12. The lowest BCUT2D eigenvalue weighted by Crippen LogP contribution is -2.41. The molecule has 162 valence electrons. The molecule has 0 radical (unpaired) electrons. The molecule has 31 heavy (non-hydrogen) atoms. The summed E-state index contributed by atoms with van der Waals surface area (Å²) >= 11 is 0. The van der Waals surface area contributed by atoms with Crippen LogP contribution in [0.4, 0.5) is 0 Å². The van der Waals surface area contributed by atoms with Gasteiger partial charge in [-0.15, -0.1) is 0 Å². The van der Waals surface area contributed by atoms with Crippen LogP contribution in [0.15, 0.2) is 54.1 Å². The zero-order valence-corrected chi connectivity index (χ0v) is 18.3. The molecule has 0 unspecified atom stereocenters. The van der Waals surface area contributed by atoms with Gasteiger partial charge in [0.05, 0.1) is 6.61 Å². The van der Waals surface area contributed by atoms with Crippen LogP contribution < -0.4 is 14.8 Å². The predicted molar refractivity (Wildman–Crippen MR) is 122 cm³/mol. The Bertz CT molecular complexity index is 947. The highest BCUT2D eigenvalue weighted by molar-refractivity contribution is 6.01. The highest BCUT2D eigenvalue weighted by Gasteiger charge is 2.24. The molecule has 0 saturated heterocycles. The van der Waals surface area contributed by atoms with E-state index in [4.69, 9.17) is 9.47 Å². The van der Waals surface area contributed by atoms with E-state index in [1.807, 2.05) is 55.5 Å². The van der Waals surface area contributed by atoms with E-state index in [-0.39, 0.29) is 17.5 Å². The van der Waals surface area contributed by atoms with Crippen molar-refractivity contribution in [2.45, 2.75) is 52.2 Å². The van der Waals surface area contributed by atoms with E-state index in [1.54, 1.807) is 12.1 Å². The van der Waals surface area contributed by atoms with Gasteiger partial charge in [-0.2, -0.15) is 5.26 Å². The van der Waals surface area contributed by atoms with E-state index in [0.29, 0.717) is 30.6 Å². The van der Waals surface area contributed by atoms with E-state index in [9.17, 15) is 10.1 Å². The second-order valence-electron chi connectivity index (χ2n) is 7.92. The Balaban J connectivity index is 1.73. The maximum Gasteiger partial charge on any atom is 0.262 e. The first-order chi connectivity index (χ1) is 15.1. The van der Waals surface area contributed by atoms with Crippen LogP contribution in [0.3, 0.4) is 0 Å². The summed E-state index contributed by atoms with van der Waals surface area (Å²) in [7, 11) is 0. The molecule has 1 fully saturated rings. The van der Waals surface area contributed by atoms with Crippen LogP contribution in [0.1, 0.15) is 50.7 Å². The number of nitriles is 1. The summed E-state index contributed by atoms with van der Waals surface area (Å²) in [6.07, 6.45) is 6.00. The molecule has 2 atom stereocenters. The van der Waals surface area contributed by atoms with E-state index >= 15 is 0 Å². The van der Waals surface area contributed by atoms with Gasteiger partial charge in [0.25, 0.3) is 5.91 Å². The molecule has 5 heteroatoms. The summed E-state index contributed by atoms with van der Waals surface area (Å²) in [6, 6.07) is 17.5. The van der Waals surface area contributed by atoms with Crippen LogP contribution in [0.25, 0.3) is 6.08 Å². The minimum Gasteiger partial charge on any atom is -0.490 e. The number of amides is 1. The molecule has 0 bridgehead atoms. The molecular weight excluding hydrogens is 388 g/mol.